The molecule has 0 radical (unpaired) electrons. The molecule has 3 N–H and O–H groups in total. The number of carbonyl (C=O) groups is 4. The van der Waals surface area contributed by atoms with Gasteiger partial charge in [-0.05, 0) is 39.3 Å². The lowest BCUT2D eigenvalue weighted by molar-refractivity contribution is -0.145. The van der Waals surface area contributed by atoms with Crippen molar-refractivity contribution in [3.05, 3.63) is 30.1 Å². The van der Waals surface area contributed by atoms with Gasteiger partial charge in [-0.3, -0.25) is 9.78 Å². The smallest absolute Gasteiger partial charge is 0.328 e. The van der Waals surface area contributed by atoms with Crippen molar-refractivity contribution in [2.75, 3.05) is 26.7 Å². The van der Waals surface area contributed by atoms with Gasteiger partial charge in [-0.1, -0.05) is 6.07 Å². The van der Waals surface area contributed by atoms with Gasteiger partial charge in [0, 0.05) is 44.0 Å². The molecule has 0 unspecified atom stereocenters. The van der Waals surface area contributed by atoms with E-state index in [9.17, 15) is 19.2 Å². The molecule has 0 spiro atoms. The first kappa shape index (κ1) is 25.9. The average Bonchev–Trinajstić information content (AvgIpc) is 2.77. The van der Waals surface area contributed by atoms with Crippen LogP contribution in [-0.4, -0.2) is 89.6 Å². The summed E-state index contributed by atoms with van der Waals surface area (Å²) in [5.41, 5.74) is 0.740. The molecule has 0 bridgehead atoms. The van der Waals surface area contributed by atoms with E-state index < -0.39 is 30.0 Å². The molecule has 11 heteroatoms. The third-order valence-corrected chi connectivity index (χ3v) is 5.02. The van der Waals surface area contributed by atoms with Crippen molar-refractivity contribution < 1.29 is 23.9 Å². The number of ether oxygens (including phenoxy) is 1. The first-order valence-corrected chi connectivity index (χ1v) is 11.0. The van der Waals surface area contributed by atoms with Gasteiger partial charge in [0.05, 0.1) is 13.7 Å². The number of urea groups is 2. The Morgan fingerprint density at radius 3 is 2.30 bits per heavy atom. The Morgan fingerprint density at radius 2 is 1.73 bits per heavy atom. The van der Waals surface area contributed by atoms with Crippen molar-refractivity contribution in [3.63, 3.8) is 0 Å². The number of nitrogens with one attached hydrogen (secondary N) is 3. The van der Waals surface area contributed by atoms with Gasteiger partial charge in [-0.15, -0.1) is 0 Å². The summed E-state index contributed by atoms with van der Waals surface area (Å²) in [6.45, 7) is 7.77. The van der Waals surface area contributed by atoms with Crippen molar-refractivity contribution in [2.24, 2.45) is 0 Å². The van der Waals surface area contributed by atoms with Crippen molar-refractivity contribution in [2.45, 2.75) is 58.3 Å². The Labute approximate surface area is 194 Å². The van der Waals surface area contributed by atoms with Crippen LogP contribution in [0.4, 0.5) is 9.59 Å². The lowest BCUT2D eigenvalue weighted by atomic mass is 10.1. The summed E-state index contributed by atoms with van der Waals surface area (Å²) in [5, 5.41) is 8.30. The Hall–Kier alpha value is -3.37. The maximum Gasteiger partial charge on any atom is 0.328 e. The lowest BCUT2D eigenvalue weighted by Gasteiger charge is -2.41. The zero-order chi connectivity index (χ0) is 24.5. The normalized spacial score (nSPS) is 16.9. The molecule has 5 amide bonds. The Morgan fingerprint density at radius 1 is 1.06 bits per heavy atom. The fourth-order valence-corrected chi connectivity index (χ4v) is 3.46. The highest BCUT2D eigenvalue weighted by atomic mass is 16.5. The molecule has 0 aliphatic carbocycles. The standard InChI is InChI=1S/C22H34N6O5/c1-14(2)24-21(31)27-9-10-28(22(32)25-15(3)4)18(13-27)19(29)26-17(20(30)33-5)11-16-7-6-8-23-12-16/h6-8,12,14-15,17-18H,9-11,13H2,1-5H3,(H,24,31)(H,25,32)(H,26,29)/t17-,18+/m1/s1. The second kappa shape index (κ2) is 12.0. The second-order valence-electron chi connectivity index (χ2n) is 8.51. The zero-order valence-electron chi connectivity index (χ0n) is 19.8. The van der Waals surface area contributed by atoms with E-state index in [2.05, 4.69) is 20.9 Å². The van der Waals surface area contributed by atoms with Crippen LogP contribution < -0.4 is 16.0 Å². The van der Waals surface area contributed by atoms with Crippen molar-refractivity contribution in [1.29, 1.82) is 0 Å². The third-order valence-electron chi connectivity index (χ3n) is 5.02. The van der Waals surface area contributed by atoms with Gasteiger partial charge in [-0.25, -0.2) is 14.4 Å². The molecule has 11 nitrogen and oxygen atoms in total. The molecule has 1 aromatic rings. The first-order valence-electron chi connectivity index (χ1n) is 11.0. The molecular formula is C22H34N6O5. The minimum Gasteiger partial charge on any atom is -0.467 e. The minimum atomic E-state index is -0.975. The Bertz CT molecular complexity index is 832. The van der Waals surface area contributed by atoms with Gasteiger partial charge in [-0.2, -0.15) is 0 Å². The molecule has 1 saturated heterocycles. The van der Waals surface area contributed by atoms with Gasteiger partial charge >= 0.3 is 18.0 Å². The Balaban J connectivity index is 2.22. The van der Waals surface area contributed by atoms with E-state index in [-0.39, 0.29) is 44.2 Å². The van der Waals surface area contributed by atoms with Crippen LogP contribution in [-0.2, 0) is 20.7 Å². The highest BCUT2D eigenvalue weighted by Crippen LogP contribution is 2.13. The lowest BCUT2D eigenvalue weighted by Crippen LogP contribution is -2.65. The number of amides is 5. The summed E-state index contributed by atoms with van der Waals surface area (Å²) < 4.78 is 4.86. The van der Waals surface area contributed by atoms with Gasteiger partial charge in [0.1, 0.15) is 12.1 Å². The summed E-state index contributed by atoms with van der Waals surface area (Å²) in [4.78, 5) is 57.9. The highest BCUT2D eigenvalue weighted by molar-refractivity contribution is 5.91. The van der Waals surface area contributed by atoms with Gasteiger partial charge in [0.15, 0.2) is 0 Å². The van der Waals surface area contributed by atoms with Gasteiger partial charge in [0.25, 0.3) is 0 Å². The molecule has 2 atom stereocenters. The van der Waals surface area contributed by atoms with Crippen LogP contribution >= 0.6 is 0 Å². The van der Waals surface area contributed by atoms with Crippen molar-refractivity contribution in [1.82, 2.24) is 30.7 Å². The van der Waals surface area contributed by atoms with E-state index >= 15 is 0 Å². The number of piperazine rings is 1. The summed E-state index contributed by atoms with van der Waals surface area (Å²) in [6, 6.07) is 0.652. The number of pyridine rings is 1. The van der Waals surface area contributed by atoms with Gasteiger partial charge in [0.2, 0.25) is 5.91 Å². The van der Waals surface area contributed by atoms with Crippen LogP contribution in [0.25, 0.3) is 0 Å². The molecule has 1 aliphatic heterocycles. The van der Waals surface area contributed by atoms with E-state index in [1.807, 2.05) is 27.7 Å². The number of esters is 1. The predicted molar refractivity (Wildman–Crippen MR) is 121 cm³/mol. The van der Waals surface area contributed by atoms with E-state index in [1.165, 1.54) is 16.9 Å². The van der Waals surface area contributed by atoms with Gasteiger partial charge < -0.3 is 30.5 Å². The molecule has 2 rings (SSSR count). The van der Waals surface area contributed by atoms with E-state index in [0.29, 0.717) is 0 Å². The first-order chi connectivity index (χ1) is 15.6. The molecule has 182 valence electrons. The number of nitrogens with zero attached hydrogens (tertiary/aromatic N) is 3. The molecule has 1 aromatic heterocycles. The molecule has 1 aliphatic rings. The topological polar surface area (TPSA) is 133 Å². The quantitative estimate of drug-likeness (QED) is 0.506. The maximum absolute atomic E-state index is 13.3. The molecule has 1 fully saturated rings. The van der Waals surface area contributed by atoms with Crippen molar-refractivity contribution in [3.8, 4) is 0 Å². The number of hydrogen-bond acceptors (Lipinski definition) is 6. The molecule has 0 aromatic carbocycles. The second-order valence-corrected chi connectivity index (χ2v) is 8.51. The summed E-state index contributed by atoms with van der Waals surface area (Å²) in [7, 11) is 1.24. The molecular weight excluding hydrogens is 428 g/mol. The van der Waals surface area contributed by atoms with Crippen molar-refractivity contribution >= 4 is 23.9 Å². The van der Waals surface area contributed by atoms with Crippen LogP contribution in [0, 0.1) is 0 Å². The van der Waals surface area contributed by atoms with Crippen LogP contribution in [0.2, 0.25) is 0 Å². The highest BCUT2D eigenvalue weighted by Gasteiger charge is 2.38. The molecule has 33 heavy (non-hydrogen) atoms. The minimum absolute atomic E-state index is 0.00329. The fraction of sp³-hybridized carbons (Fsp3) is 0.591. The number of carbonyl (C=O) groups excluding carboxylic acids is 4. The largest absolute Gasteiger partial charge is 0.467 e. The van der Waals surface area contributed by atoms with Crippen LogP contribution in [0.15, 0.2) is 24.5 Å². The molecule has 0 saturated carbocycles. The summed E-state index contributed by atoms with van der Waals surface area (Å²) in [6.07, 6.45) is 3.39. The zero-order valence-corrected chi connectivity index (χ0v) is 19.8. The average molecular weight is 463 g/mol. The number of methoxy groups -OCH3 is 1. The maximum atomic E-state index is 13.3. The summed E-state index contributed by atoms with van der Waals surface area (Å²) in [5.74, 6) is -1.16. The SMILES string of the molecule is COC(=O)[C@@H](Cc1cccnc1)NC(=O)[C@@H]1CN(C(=O)NC(C)C)CCN1C(=O)NC(C)C. The van der Waals surface area contributed by atoms with E-state index in [0.717, 1.165) is 5.56 Å². The summed E-state index contributed by atoms with van der Waals surface area (Å²) >= 11 is 0. The number of aromatic nitrogens is 1. The van der Waals surface area contributed by atoms with Crippen LogP contribution in [0.5, 0.6) is 0 Å². The number of hydrogen-bond donors (Lipinski definition) is 3. The van der Waals surface area contributed by atoms with E-state index in [4.69, 9.17) is 4.74 Å². The predicted octanol–water partition coefficient (Wildman–Crippen LogP) is 0.504. The van der Waals surface area contributed by atoms with E-state index in [1.54, 1.807) is 24.5 Å². The Kier molecular flexibility index (Phi) is 9.43. The third kappa shape index (κ3) is 7.62. The number of rotatable bonds is 7. The van der Waals surface area contributed by atoms with Crippen LogP contribution in [0.1, 0.15) is 33.3 Å². The van der Waals surface area contributed by atoms with Crippen LogP contribution in [0.3, 0.4) is 0 Å². The monoisotopic (exact) mass is 462 g/mol. The molecule has 2 heterocycles. The fourth-order valence-electron chi connectivity index (χ4n) is 3.46.